The Balaban J connectivity index is 2.55. The first kappa shape index (κ1) is 9.98. The molecule has 0 amide bonds. The molecule has 76 valence electrons. The van der Waals surface area contributed by atoms with Gasteiger partial charge in [-0.25, -0.2) is 9.37 Å². The van der Waals surface area contributed by atoms with Crippen molar-refractivity contribution < 1.29 is 4.39 Å². The van der Waals surface area contributed by atoms with Gasteiger partial charge in [-0.15, -0.1) is 0 Å². The van der Waals surface area contributed by atoms with Crippen LogP contribution in [0.2, 0.25) is 0 Å². The van der Waals surface area contributed by atoms with Crippen molar-refractivity contribution in [3.05, 3.63) is 46.6 Å². The number of rotatable bonds is 1. The fourth-order valence-electron chi connectivity index (χ4n) is 1.35. The third kappa shape index (κ3) is 2.10. The van der Waals surface area contributed by atoms with Crippen LogP contribution in [0.3, 0.4) is 0 Å². The van der Waals surface area contributed by atoms with E-state index in [-0.39, 0.29) is 5.82 Å². The van der Waals surface area contributed by atoms with Crippen LogP contribution in [0, 0.1) is 17.4 Å². The molecule has 0 aliphatic rings. The van der Waals surface area contributed by atoms with Crippen LogP contribution >= 0.6 is 12.2 Å². The molecule has 0 bridgehead atoms. The van der Waals surface area contributed by atoms with Gasteiger partial charge in [-0.05, 0) is 42.3 Å². The number of benzene rings is 1. The molecule has 1 N–H and O–H groups in total. The minimum absolute atomic E-state index is 0.202. The van der Waals surface area contributed by atoms with Gasteiger partial charge < -0.3 is 4.98 Å². The molecule has 15 heavy (non-hydrogen) atoms. The van der Waals surface area contributed by atoms with Gasteiger partial charge in [0.2, 0.25) is 0 Å². The molecule has 0 spiro atoms. The lowest BCUT2D eigenvalue weighted by atomic mass is 10.1. The molecule has 1 aromatic carbocycles. The SMILES string of the molecule is Cc1cc(-c2cc(=S)nc[nH]2)ccc1F. The van der Waals surface area contributed by atoms with Crippen molar-refractivity contribution in [2.24, 2.45) is 0 Å². The number of halogens is 1. The van der Waals surface area contributed by atoms with E-state index in [1.807, 2.05) is 0 Å². The molecule has 2 aromatic rings. The summed E-state index contributed by atoms with van der Waals surface area (Å²) in [5.41, 5.74) is 2.36. The van der Waals surface area contributed by atoms with E-state index in [2.05, 4.69) is 9.97 Å². The molecular weight excluding hydrogens is 211 g/mol. The number of aryl methyl sites for hydroxylation is 1. The first-order valence-electron chi connectivity index (χ1n) is 4.48. The van der Waals surface area contributed by atoms with Crippen molar-refractivity contribution in [2.75, 3.05) is 0 Å². The van der Waals surface area contributed by atoms with E-state index in [0.717, 1.165) is 11.3 Å². The average Bonchev–Trinajstić information content (AvgIpc) is 2.22. The van der Waals surface area contributed by atoms with Crippen molar-refractivity contribution in [1.82, 2.24) is 9.97 Å². The van der Waals surface area contributed by atoms with Crippen LogP contribution in [0.25, 0.3) is 11.3 Å². The zero-order valence-corrected chi connectivity index (χ0v) is 8.94. The molecular formula is C11H9FN2S. The van der Waals surface area contributed by atoms with Gasteiger partial charge in [0.25, 0.3) is 0 Å². The lowest BCUT2D eigenvalue weighted by molar-refractivity contribution is 0.619. The van der Waals surface area contributed by atoms with Crippen molar-refractivity contribution in [3.8, 4) is 11.3 Å². The van der Waals surface area contributed by atoms with Crippen LogP contribution in [0.4, 0.5) is 4.39 Å². The zero-order valence-electron chi connectivity index (χ0n) is 8.12. The Labute approximate surface area is 91.8 Å². The van der Waals surface area contributed by atoms with Gasteiger partial charge >= 0.3 is 0 Å². The topological polar surface area (TPSA) is 28.7 Å². The summed E-state index contributed by atoms with van der Waals surface area (Å²) in [6.07, 6.45) is 1.54. The van der Waals surface area contributed by atoms with Crippen molar-refractivity contribution in [1.29, 1.82) is 0 Å². The lowest BCUT2D eigenvalue weighted by Crippen LogP contribution is -1.88. The number of aromatic amines is 1. The second kappa shape index (κ2) is 3.90. The Morgan fingerprint density at radius 3 is 2.80 bits per heavy atom. The van der Waals surface area contributed by atoms with Gasteiger partial charge in [0.15, 0.2) is 0 Å². The number of nitrogens with one attached hydrogen (secondary N) is 1. The minimum Gasteiger partial charge on any atom is -0.346 e. The summed E-state index contributed by atoms with van der Waals surface area (Å²) in [5, 5.41) is 0. The Morgan fingerprint density at radius 2 is 2.13 bits per heavy atom. The van der Waals surface area contributed by atoms with E-state index >= 15 is 0 Å². The molecule has 1 heterocycles. The van der Waals surface area contributed by atoms with E-state index in [9.17, 15) is 4.39 Å². The van der Waals surface area contributed by atoms with Crippen molar-refractivity contribution in [3.63, 3.8) is 0 Å². The quantitative estimate of drug-likeness (QED) is 0.747. The lowest BCUT2D eigenvalue weighted by Gasteiger charge is -2.03. The van der Waals surface area contributed by atoms with E-state index in [1.165, 1.54) is 12.4 Å². The van der Waals surface area contributed by atoms with E-state index < -0.39 is 0 Å². The summed E-state index contributed by atoms with van der Waals surface area (Å²) in [7, 11) is 0. The molecule has 0 aliphatic heterocycles. The monoisotopic (exact) mass is 220 g/mol. The summed E-state index contributed by atoms with van der Waals surface area (Å²) in [4.78, 5) is 6.86. The van der Waals surface area contributed by atoms with Gasteiger partial charge in [-0.3, -0.25) is 0 Å². The molecule has 2 nitrogen and oxygen atoms in total. The van der Waals surface area contributed by atoms with Gasteiger partial charge in [0.1, 0.15) is 10.5 Å². The Hall–Kier alpha value is -1.55. The molecule has 4 heteroatoms. The standard InChI is InChI=1S/C11H9FN2S/c1-7-4-8(2-3-9(7)12)10-5-11(15)14-6-13-10/h2-6H,1H3,(H,13,14,15). The Kier molecular flexibility index (Phi) is 2.60. The maximum absolute atomic E-state index is 13.1. The highest BCUT2D eigenvalue weighted by Gasteiger charge is 2.01. The molecule has 0 unspecified atom stereocenters. The molecule has 2 rings (SSSR count). The smallest absolute Gasteiger partial charge is 0.130 e. The number of H-pyrrole nitrogens is 1. The Morgan fingerprint density at radius 1 is 1.33 bits per heavy atom. The fourth-order valence-corrected chi connectivity index (χ4v) is 1.52. The summed E-state index contributed by atoms with van der Waals surface area (Å²) >= 11 is 4.95. The normalized spacial score (nSPS) is 10.3. The molecule has 1 aromatic heterocycles. The average molecular weight is 220 g/mol. The van der Waals surface area contributed by atoms with Gasteiger partial charge in [-0.2, -0.15) is 0 Å². The van der Waals surface area contributed by atoms with Crippen molar-refractivity contribution in [2.45, 2.75) is 6.92 Å². The second-order valence-corrected chi connectivity index (χ2v) is 3.68. The maximum Gasteiger partial charge on any atom is 0.130 e. The van der Waals surface area contributed by atoms with Crippen LogP contribution in [0.5, 0.6) is 0 Å². The number of hydrogen-bond acceptors (Lipinski definition) is 2. The number of nitrogens with zero attached hydrogens (tertiary/aromatic N) is 1. The fraction of sp³-hybridized carbons (Fsp3) is 0.0909. The largest absolute Gasteiger partial charge is 0.346 e. The van der Waals surface area contributed by atoms with Gasteiger partial charge in [0.05, 0.1) is 6.33 Å². The highest BCUT2D eigenvalue weighted by atomic mass is 32.1. The summed E-state index contributed by atoms with van der Waals surface area (Å²) < 4.78 is 13.6. The molecule has 0 saturated heterocycles. The molecule has 0 atom stereocenters. The predicted octanol–water partition coefficient (Wildman–Crippen LogP) is 3.25. The van der Waals surface area contributed by atoms with Crippen molar-refractivity contribution >= 4 is 12.2 Å². The Bertz CT molecular complexity index is 548. The van der Waals surface area contributed by atoms with Gasteiger partial charge in [-0.1, -0.05) is 12.2 Å². The molecule has 0 aliphatic carbocycles. The minimum atomic E-state index is -0.202. The summed E-state index contributed by atoms with van der Waals surface area (Å²) in [6, 6.07) is 6.68. The summed E-state index contributed by atoms with van der Waals surface area (Å²) in [6.45, 7) is 1.73. The van der Waals surface area contributed by atoms with E-state index in [1.54, 1.807) is 25.1 Å². The molecule has 0 saturated carbocycles. The van der Waals surface area contributed by atoms with Crippen LogP contribution in [-0.4, -0.2) is 9.97 Å². The van der Waals surface area contributed by atoms with E-state index in [0.29, 0.717) is 10.2 Å². The maximum atomic E-state index is 13.1. The third-order valence-electron chi connectivity index (χ3n) is 2.15. The first-order valence-corrected chi connectivity index (χ1v) is 4.89. The van der Waals surface area contributed by atoms with Crippen LogP contribution in [0.15, 0.2) is 30.6 Å². The van der Waals surface area contributed by atoms with Crippen LogP contribution in [-0.2, 0) is 0 Å². The zero-order chi connectivity index (χ0) is 10.8. The highest BCUT2D eigenvalue weighted by molar-refractivity contribution is 7.71. The van der Waals surface area contributed by atoms with Crippen LogP contribution in [0.1, 0.15) is 5.56 Å². The summed E-state index contributed by atoms with van der Waals surface area (Å²) in [5.74, 6) is -0.202. The van der Waals surface area contributed by atoms with E-state index in [4.69, 9.17) is 12.2 Å². The third-order valence-corrected chi connectivity index (χ3v) is 2.37. The first-order chi connectivity index (χ1) is 7.16. The molecule has 0 radical (unpaired) electrons. The number of aromatic nitrogens is 2. The van der Waals surface area contributed by atoms with Gasteiger partial charge in [0, 0.05) is 5.69 Å². The predicted molar refractivity (Wildman–Crippen MR) is 59.6 cm³/mol. The second-order valence-electron chi connectivity index (χ2n) is 3.26. The molecule has 0 fully saturated rings. The number of hydrogen-bond donors (Lipinski definition) is 1. The highest BCUT2D eigenvalue weighted by Crippen LogP contribution is 2.19. The van der Waals surface area contributed by atoms with Crippen LogP contribution < -0.4 is 0 Å².